The lowest BCUT2D eigenvalue weighted by molar-refractivity contribution is 0.414. The minimum atomic E-state index is 0. The predicted octanol–water partition coefficient (Wildman–Crippen LogP) is 3.46. The maximum absolute atomic E-state index is 5.18. The number of hydrogen-bond acceptors (Lipinski definition) is 3. The van der Waals surface area contributed by atoms with Gasteiger partial charge in [0.2, 0.25) is 0 Å². The van der Waals surface area contributed by atoms with Crippen molar-refractivity contribution in [3.8, 4) is 5.75 Å². The van der Waals surface area contributed by atoms with Crippen LogP contribution in [0.25, 0.3) is 11.0 Å². The first-order valence-electron chi connectivity index (χ1n) is 9.27. The summed E-state index contributed by atoms with van der Waals surface area (Å²) >= 11 is 0. The average molecular weight is 493 g/mol. The number of hydrogen-bond donors (Lipinski definition) is 2. The average Bonchev–Trinajstić information content (AvgIpc) is 3.13. The maximum Gasteiger partial charge on any atom is 0.190 e. The molecule has 0 unspecified atom stereocenters. The molecule has 7 heteroatoms. The Balaban J connectivity index is 0.00000280. The molecular formula is C21H28IN5O. The second kappa shape index (κ2) is 11.5. The summed E-state index contributed by atoms with van der Waals surface area (Å²) in [6.45, 7) is 2.61. The first-order chi connectivity index (χ1) is 13.3. The monoisotopic (exact) mass is 493 g/mol. The molecule has 0 bridgehead atoms. The lowest BCUT2D eigenvalue weighted by atomic mass is 10.1. The molecule has 3 rings (SSSR count). The highest BCUT2D eigenvalue weighted by Gasteiger charge is 2.02. The molecule has 1 heterocycles. The standard InChI is InChI=1S/C21H27N5O.HI/c1-22-21(24-14-12-17-8-10-18(27-2)11-9-17)23-13-5-15-26-16-25-19-6-3-4-7-20(19)26;/h3-4,6-11,16H,5,12-15H2,1-2H3,(H2,22,23,24);1H. The second-order valence-corrected chi connectivity index (χ2v) is 6.30. The van der Waals surface area contributed by atoms with Crippen LogP contribution in [0.5, 0.6) is 5.75 Å². The third kappa shape index (κ3) is 6.12. The Kier molecular flexibility index (Phi) is 9.06. The van der Waals surface area contributed by atoms with Gasteiger partial charge >= 0.3 is 0 Å². The van der Waals surface area contributed by atoms with E-state index in [-0.39, 0.29) is 24.0 Å². The Morgan fingerprint density at radius 3 is 2.57 bits per heavy atom. The zero-order valence-electron chi connectivity index (χ0n) is 16.4. The van der Waals surface area contributed by atoms with E-state index in [1.165, 1.54) is 11.1 Å². The fourth-order valence-electron chi connectivity index (χ4n) is 2.98. The zero-order chi connectivity index (χ0) is 18.9. The Morgan fingerprint density at radius 2 is 1.82 bits per heavy atom. The second-order valence-electron chi connectivity index (χ2n) is 6.30. The molecule has 0 saturated carbocycles. The van der Waals surface area contributed by atoms with E-state index < -0.39 is 0 Å². The minimum absolute atomic E-state index is 0. The van der Waals surface area contributed by atoms with E-state index in [0.717, 1.165) is 49.7 Å². The number of guanidine groups is 1. The largest absolute Gasteiger partial charge is 0.497 e. The van der Waals surface area contributed by atoms with E-state index in [4.69, 9.17) is 4.74 Å². The SMILES string of the molecule is CN=C(NCCCn1cnc2ccccc21)NCCc1ccc(OC)cc1.I. The van der Waals surface area contributed by atoms with E-state index in [1.54, 1.807) is 14.2 Å². The topological polar surface area (TPSA) is 63.5 Å². The number of aryl methyl sites for hydroxylation is 1. The number of methoxy groups -OCH3 is 1. The van der Waals surface area contributed by atoms with Gasteiger partial charge in [0.1, 0.15) is 5.75 Å². The third-order valence-electron chi connectivity index (χ3n) is 4.48. The highest BCUT2D eigenvalue weighted by Crippen LogP contribution is 2.12. The van der Waals surface area contributed by atoms with Gasteiger partial charge in [0, 0.05) is 26.7 Å². The summed E-state index contributed by atoms with van der Waals surface area (Å²) < 4.78 is 7.38. The number of aromatic nitrogens is 2. The molecular weight excluding hydrogens is 465 g/mol. The van der Waals surface area contributed by atoms with Crippen molar-refractivity contribution in [2.24, 2.45) is 4.99 Å². The zero-order valence-corrected chi connectivity index (χ0v) is 18.7. The number of halogens is 1. The lowest BCUT2D eigenvalue weighted by Crippen LogP contribution is -2.38. The number of para-hydroxylation sites is 2. The van der Waals surface area contributed by atoms with Crippen molar-refractivity contribution in [2.75, 3.05) is 27.2 Å². The smallest absolute Gasteiger partial charge is 0.190 e. The van der Waals surface area contributed by atoms with E-state index in [0.29, 0.717) is 0 Å². The molecule has 150 valence electrons. The summed E-state index contributed by atoms with van der Waals surface area (Å²) in [4.78, 5) is 8.71. The molecule has 0 aliphatic carbocycles. The summed E-state index contributed by atoms with van der Waals surface area (Å²) in [5, 5.41) is 6.73. The molecule has 0 amide bonds. The molecule has 0 spiro atoms. The van der Waals surface area contributed by atoms with Crippen LogP contribution in [-0.2, 0) is 13.0 Å². The Labute approximate surface area is 183 Å². The Hall–Kier alpha value is -2.29. The molecule has 0 saturated heterocycles. The summed E-state index contributed by atoms with van der Waals surface area (Å²) in [6.07, 6.45) is 3.85. The van der Waals surface area contributed by atoms with Gasteiger partial charge in [0.15, 0.2) is 5.96 Å². The van der Waals surface area contributed by atoms with Crippen LogP contribution in [-0.4, -0.2) is 42.8 Å². The van der Waals surface area contributed by atoms with Crippen LogP contribution >= 0.6 is 24.0 Å². The molecule has 6 nitrogen and oxygen atoms in total. The normalized spacial score (nSPS) is 11.1. The number of fused-ring (bicyclic) bond motifs is 1. The van der Waals surface area contributed by atoms with Crippen molar-refractivity contribution in [3.63, 3.8) is 0 Å². The van der Waals surface area contributed by atoms with Crippen LogP contribution in [0.2, 0.25) is 0 Å². The van der Waals surface area contributed by atoms with Gasteiger partial charge in [-0.3, -0.25) is 4.99 Å². The van der Waals surface area contributed by atoms with Crippen LogP contribution < -0.4 is 15.4 Å². The van der Waals surface area contributed by atoms with Crippen LogP contribution in [0.4, 0.5) is 0 Å². The van der Waals surface area contributed by atoms with Crippen molar-refractivity contribution in [2.45, 2.75) is 19.4 Å². The van der Waals surface area contributed by atoms with Gasteiger partial charge in [0.05, 0.1) is 24.5 Å². The molecule has 0 aliphatic rings. The van der Waals surface area contributed by atoms with E-state index in [9.17, 15) is 0 Å². The van der Waals surface area contributed by atoms with Crippen molar-refractivity contribution in [1.82, 2.24) is 20.2 Å². The number of ether oxygens (including phenoxy) is 1. The lowest BCUT2D eigenvalue weighted by Gasteiger charge is -2.12. The number of rotatable bonds is 8. The molecule has 0 atom stereocenters. The fraction of sp³-hybridized carbons (Fsp3) is 0.333. The molecule has 1 aromatic heterocycles. The number of nitrogens with zero attached hydrogens (tertiary/aromatic N) is 3. The van der Waals surface area contributed by atoms with Crippen molar-refractivity contribution >= 4 is 41.0 Å². The van der Waals surface area contributed by atoms with Crippen LogP contribution in [0.3, 0.4) is 0 Å². The van der Waals surface area contributed by atoms with E-state index >= 15 is 0 Å². The number of nitrogens with one attached hydrogen (secondary N) is 2. The Morgan fingerprint density at radius 1 is 1.07 bits per heavy atom. The van der Waals surface area contributed by atoms with Crippen LogP contribution in [0.15, 0.2) is 59.9 Å². The molecule has 0 fully saturated rings. The summed E-state index contributed by atoms with van der Waals surface area (Å²) in [7, 11) is 3.48. The number of imidazole rings is 1. The minimum Gasteiger partial charge on any atom is -0.497 e. The van der Waals surface area contributed by atoms with Gasteiger partial charge in [-0.05, 0) is 42.7 Å². The number of benzene rings is 2. The van der Waals surface area contributed by atoms with Gasteiger partial charge in [-0.2, -0.15) is 0 Å². The first kappa shape index (κ1) is 22.0. The fourth-order valence-corrected chi connectivity index (χ4v) is 2.98. The summed E-state index contributed by atoms with van der Waals surface area (Å²) in [6, 6.07) is 16.4. The molecule has 2 N–H and O–H groups in total. The quantitative estimate of drug-likeness (QED) is 0.219. The number of aliphatic imine (C=N–C) groups is 1. The third-order valence-corrected chi connectivity index (χ3v) is 4.48. The van der Waals surface area contributed by atoms with Crippen LogP contribution in [0.1, 0.15) is 12.0 Å². The molecule has 3 aromatic rings. The predicted molar refractivity (Wildman–Crippen MR) is 126 cm³/mol. The maximum atomic E-state index is 5.18. The first-order valence-corrected chi connectivity index (χ1v) is 9.27. The molecule has 0 radical (unpaired) electrons. The molecule has 0 aliphatic heterocycles. The van der Waals surface area contributed by atoms with Gasteiger partial charge in [-0.1, -0.05) is 24.3 Å². The van der Waals surface area contributed by atoms with Crippen molar-refractivity contribution in [1.29, 1.82) is 0 Å². The van der Waals surface area contributed by atoms with Crippen LogP contribution in [0, 0.1) is 0 Å². The van der Waals surface area contributed by atoms with Crippen molar-refractivity contribution in [3.05, 3.63) is 60.4 Å². The Bertz CT molecular complexity index is 876. The van der Waals surface area contributed by atoms with Gasteiger partial charge in [-0.15, -0.1) is 24.0 Å². The molecule has 2 aromatic carbocycles. The van der Waals surface area contributed by atoms with Gasteiger partial charge in [0.25, 0.3) is 0 Å². The van der Waals surface area contributed by atoms with Crippen molar-refractivity contribution < 1.29 is 4.74 Å². The highest BCUT2D eigenvalue weighted by atomic mass is 127. The molecule has 28 heavy (non-hydrogen) atoms. The van der Waals surface area contributed by atoms with Gasteiger partial charge in [-0.25, -0.2) is 4.98 Å². The summed E-state index contributed by atoms with van der Waals surface area (Å²) in [5.41, 5.74) is 3.49. The summed E-state index contributed by atoms with van der Waals surface area (Å²) in [5.74, 6) is 1.72. The highest BCUT2D eigenvalue weighted by molar-refractivity contribution is 14.0. The van der Waals surface area contributed by atoms with Gasteiger partial charge < -0.3 is 19.9 Å². The van der Waals surface area contributed by atoms with E-state index in [1.807, 2.05) is 36.7 Å². The van der Waals surface area contributed by atoms with E-state index in [2.05, 4.69) is 43.4 Å².